The van der Waals surface area contributed by atoms with E-state index in [-0.39, 0.29) is 17.9 Å². The molecule has 1 aliphatic heterocycles. The Kier molecular flexibility index (Phi) is 4.65. The van der Waals surface area contributed by atoms with Gasteiger partial charge in [0.25, 0.3) is 0 Å². The number of aromatic nitrogens is 2. The topological polar surface area (TPSA) is 75.2 Å². The first-order chi connectivity index (χ1) is 9.61. The minimum absolute atomic E-state index is 0.0438. The second kappa shape index (κ2) is 6.45. The molecule has 0 bridgehead atoms. The maximum Gasteiger partial charge on any atom is 0.245 e. The fourth-order valence-corrected chi connectivity index (χ4v) is 2.39. The van der Waals surface area contributed by atoms with Crippen molar-refractivity contribution in [3.05, 3.63) is 24.3 Å². The van der Waals surface area contributed by atoms with Crippen molar-refractivity contribution >= 4 is 11.8 Å². The van der Waals surface area contributed by atoms with E-state index in [1.807, 2.05) is 13.8 Å². The van der Waals surface area contributed by atoms with Gasteiger partial charge in [0.2, 0.25) is 11.8 Å². The van der Waals surface area contributed by atoms with Gasteiger partial charge in [0.15, 0.2) is 0 Å². The van der Waals surface area contributed by atoms with Crippen LogP contribution in [0.2, 0.25) is 0 Å². The highest BCUT2D eigenvalue weighted by atomic mass is 16.2. The van der Waals surface area contributed by atoms with E-state index in [0.717, 1.165) is 6.42 Å². The first-order valence-corrected chi connectivity index (χ1v) is 6.97. The Bertz CT molecular complexity index is 477. The summed E-state index contributed by atoms with van der Waals surface area (Å²) in [7, 11) is 0. The lowest BCUT2D eigenvalue weighted by Gasteiger charge is -2.27. The van der Waals surface area contributed by atoms with Gasteiger partial charge in [-0.1, -0.05) is 13.3 Å². The highest BCUT2D eigenvalue weighted by Crippen LogP contribution is 2.16. The Morgan fingerprint density at radius 3 is 2.70 bits per heavy atom. The summed E-state index contributed by atoms with van der Waals surface area (Å²) in [5, 5.41) is 2.80. The molecule has 0 aromatic carbocycles. The first kappa shape index (κ1) is 14.4. The summed E-state index contributed by atoms with van der Waals surface area (Å²) in [5.74, 6) is 0.482. The molecule has 1 aromatic heterocycles. The predicted octanol–water partition coefficient (Wildman–Crippen LogP) is 0.882. The van der Waals surface area contributed by atoms with Gasteiger partial charge in [-0.25, -0.2) is 9.97 Å². The van der Waals surface area contributed by atoms with Gasteiger partial charge in [-0.15, -0.1) is 0 Å². The largest absolute Gasteiger partial charge is 0.344 e. The van der Waals surface area contributed by atoms with Crippen LogP contribution < -0.4 is 5.32 Å². The Morgan fingerprint density at radius 2 is 2.05 bits per heavy atom. The molecule has 2 rings (SSSR count). The zero-order valence-corrected chi connectivity index (χ0v) is 11.9. The summed E-state index contributed by atoms with van der Waals surface area (Å²) in [6, 6.07) is 1.16. The maximum absolute atomic E-state index is 12.6. The van der Waals surface area contributed by atoms with Crippen LogP contribution >= 0.6 is 0 Å². The van der Waals surface area contributed by atoms with E-state index in [4.69, 9.17) is 0 Å². The van der Waals surface area contributed by atoms with Crippen molar-refractivity contribution in [2.24, 2.45) is 0 Å². The minimum atomic E-state index is -0.429. The summed E-state index contributed by atoms with van der Waals surface area (Å²) in [5.41, 5.74) is 0. The van der Waals surface area contributed by atoms with Crippen molar-refractivity contribution in [1.29, 1.82) is 0 Å². The molecule has 0 radical (unpaired) electrons. The van der Waals surface area contributed by atoms with Crippen molar-refractivity contribution in [3.8, 4) is 0 Å². The van der Waals surface area contributed by atoms with Crippen LogP contribution in [0.4, 0.5) is 0 Å². The third-order valence-electron chi connectivity index (χ3n) is 3.44. The van der Waals surface area contributed by atoms with Crippen LogP contribution in [0, 0.1) is 0 Å². The molecular formula is C14H20N4O2. The van der Waals surface area contributed by atoms with Gasteiger partial charge in [0, 0.05) is 24.9 Å². The van der Waals surface area contributed by atoms with Crippen LogP contribution in [0.3, 0.4) is 0 Å². The first-order valence-electron chi connectivity index (χ1n) is 6.97. The fourth-order valence-electron chi connectivity index (χ4n) is 2.39. The van der Waals surface area contributed by atoms with E-state index in [2.05, 4.69) is 15.3 Å². The average Bonchev–Trinajstić information content (AvgIpc) is 2.52. The van der Waals surface area contributed by atoms with E-state index in [0.29, 0.717) is 25.2 Å². The van der Waals surface area contributed by atoms with Crippen LogP contribution in [-0.2, 0) is 16.1 Å². The van der Waals surface area contributed by atoms with Crippen molar-refractivity contribution < 1.29 is 9.59 Å². The quantitative estimate of drug-likeness (QED) is 0.886. The molecule has 2 unspecified atom stereocenters. The number of nitrogens with zero attached hydrogens (tertiary/aromatic N) is 3. The molecule has 6 heteroatoms. The lowest BCUT2D eigenvalue weighted by molar-refractivity contribution is -0.135. The monoisotopic (exact) mass is 276 g/mol. The van der Waals surface area contributed by atoms with Crippen molar-refractivity contribution in [1.82, 2.24) is 20.2 Å². The molecule has 2 amide bonds. The molecule has 1 aromatic rings. The van der Waals surface area contributed by atoms with Crippen molar-refractivity contribution in [2.45, 2.75) is 51.7 Å². The van der Waals surface area contributed by atoms with Crippen LogP contribution in [-0.4, -0.2) is 38.8 Å². The molecule has 1 N–H and O–H groups in total. The fraction of sp³-hybridized carbons (Fsp3) is 0.571. The highest BCUT2D eigenvalue weighted by Gasteiger charge is 2.33. The Morgan fingerprint density at radius 1 is 1.35 bits per heavy atom. The molecule has 0 saturated carbocycles. The maximum atomic E-state index is 12.6. The molecule has 1 saturated heterocycles. The van der Waals surface area contributed by atoms with Gasteiger partial charge < -0.3 is 10.2 Å². The van der Waals surface area contributed by atoms with Gasteiger partial charge in [-0.3, -0.25) is 9.59 Å². The van der Waals surface area contributed by atoms with E-state index >= 15 is 0 Å². The number of hydrogen-bond donors (Lipinski definition) is 1. The SMILES string of the molecule is CCCC1NC(=O)CC(C)N(Cc2ncccn2)C1=O. The number of carbonyl (C=O) groups is 2. The number of amides is 2. The second-order valence-corrected chi connectivity index (χ2v) is 5.09. The standard InChI is InChI=1S/C14H20N4O2/c1-3-5-11-14(20)18(10(2)8-13(19)17-11)9-12-15-6-4-7-16-12/h4,6-7,10-11H,3,5,8-9H2,1-2H3,(H,17,19). The van der Waals surface area contributed by atoms with E-state index in [1.54, 1.807) is 23.4 Å². The number of hydrogen-bond acceptors (Lipinski definition) is 4. The van der Waals surface area contributed by atoms with Crippen LogP contribution in [0.1, 0.15) is 38.9 Å². The molecule has 1 aliphatic rings. The number of carbonyl (C=O) groups excluding carboxylic acids is 2. The summed E-state index contributed by atoms with van der Waals surface area (Å²) in [4.78, 5) is 34.4. The summed E-state index contributed by atoms with van der Waals surface area (Å²) < 4.78 is 0. The lowest BCUT2D eigenvalue weighted by Crippen LogP contribution is -2.46. The summed E-state index contributed by atoms with van der Waals surface area (Å²) >= 11 is 0. The van der Waals surface area contributed by atoms with Gasteiger partial charge in [-0.2, -0.15) is 0 Å². The third-order valence-corrected chi connectivity index (χ3v) is 3.44. The van der Waals surface area contributed by atoms with E-state index < -0.39 is 6.04 Å². The second-order valence-electron chi connectivity index (χ2n) is 5.09. The Balaban J connectivity index is 2.19. The zero-order chi connectivity index (χ0) is 14.5. The third kappa shape index (κ3) is 3.31. The summed E-state index contributed by atoms with van der Waals surface area (Å²) in [6.07, 6.45) is 5.13. The molecule has 20 heavy (non-hydrogen) atoms. The van der Waals surface area contributed by atoms with Crippen molar-refractivity contribution in [2.75, 3.05) is 0 Å². The van der Waals surface area contributed by atoms with E-state index in [1.165, 1.54) is 0 Å². The number of rotatable bonds is 4. The normalized spacial score (nSPS) is 23.4. The zero-order valence-electron chi connectivity index (χ0n) is 11.9. The van der Waals surface area contributed by atoms with Crippen LogP contribution in [0.25, 0.3) is 0 Å². The average molecular weight is 276 g/mol. The van der Waals surface area contributed by atoms with Crippen LogP contribution in [0.15, 0.2) is 18.5 Å². The van der Waals surface area contributed by atoms with Gasteiger partial charge >= 0.3 is 0 Å². The lowest BCUT2D eigenvalue weighted by atomic mass is 10.1. The minimum Gasteiger partial charge on any atom is -0.344 e. The molecule has 2 atom stereocenters. The molecule has 0 aliphatic carbocycles. The Hall–Kier alpha value is -1.98. The molecule has 6 nitrogen and oxygen atoms in total. The molecule has 0 spiro atoms. The molecule has 2 heterocycles. The Labute approximate surface area is 118 Å². The molecule has 108 valence electrons. The van der Waals surface area contributed by atoms with Crippen molar-refractivity contribution in [3.63, 3.8) is 0 Å². The predicted molar refractivity (Wildman–Crippen MR) is 73.5 cm³/mol. The smallest absolute Gasteiger partial charge is 0.245 e. The van der Waals surface area contributed by atoms with Gasteiger partial charge in [-0.05, 0) is 19.4 Å². The van der Waals surface area contributed by atoms with Crippen LogP contribution in [0.5, 0.6) is 0 Å². The molecule has 1 fully saturated rings. The summed E-state index contributed by atoms with van der Waals surface area (Å²) in [6.45, 7) is 4.23. The van der Waals surface area contributed by atoms with E-state index in [9.17, 15) is 9.59 Å². The van der Waals surface area contributed by atoms with Gasteiger partial charge in [0.05, 0.1) is 6.54 Å². The molecular weight excluding hydrogens is 256 g/mol. The van der Waals surface area contributed by atoms with Gasteiger partial charge in [0.1, 0.15) is 11.9 Å². The number of nitrogens with one attached hydrogen (secondary N) is 1. The highest BCUT2D eigenvalue weighted by molar-refractivity contribution is 5.90.